The van der Waals surface area contributed by atoms with Gasteiger partial charge in [-0.2, -0.15) is 0 Å². The fourth-order valence-electron chi connectivity index (χ4n) is 2.50. The molecular formula is C21H21N3O2. The molecule has 1 aromatic heterocycles. The van der Waals surface area contributed by atoms with Crippen LogP contribution in [-0.2, 0) is 6.42 Å². The van der Waals surface area contributed by atoms with Crippen LogP contribution in [0.4, 0.5) is 11.4 Å². The van der Waals surface area contributed by atoms with Crippen LogP contribution in [0.3, 0.4) is 0 Å². The van der Waals surface area contributed by atoms with Gasteiger partial charge in [0.1, 0.15) is 11.4 Å². The summed E-state index contributed by atoms with van der Waals surface area (Å²) < 4.78 is 5.10. The Morgan fingerprint density at radius 2 is 1.69 bits per heavy atom. The lowest BCUT2D eigenvalue weighted by Gasteiger charge is -2.08. The molecule has 1 amide bonds. The zero-order chi connectivity index (χ0) is 18.2. The van der Waals surface area contributed by atoms with Crippen molar-refractivity contribution in [3.63, 3.8) is 0 Å². The minimum atomic E-state index is -0.244. The average Bonchev–Trinajstić information content (AvgIpc) is 2.70. The van der Waals surface area contributed by atoms with Crippen LogP contribution in [0.15, 0.2) is 72.9 Å². The first kappa shape index (κ1) is 17.5. The van der Waals surface area contributed by atoms with E-state index in [1.807, 2.05) is 24.3 Å². The molecule has 0 aliphatic heterocycles. The Balaban J connectivity index is 1.52. The molecule has 0 unspecified atom stereocenters. The predicted molar refractivity (Wildman–Crippen MR) is 104 cm³/mol. The highest BCUT2D eigenvalue weighted by Crippen LogP contribution is 2.16. The summed E-state index contributed by atoms with van der Waals surface area (Å²) in [6.45, 7) is 0.809. The number of hydrogen-bond acceptors (Lipinski definition) is 4. The monoisotopic (exact) mass is 347 g/mol. The van der Waals surface area contributed by atoms with Crippen molar-refractivity contribution in [1.29, 1.82) is 0 Å². The molecule has 0 saturated heterocycles. The van der Waals surface area contributed by atoms with E-state index in [0.717, 1.165) is 24.4 Å². The minimum absolute atomic E-state index is 0.244. The van der Waals surface area contributed by atoms with Crippen LogP contribution in [0.5, 0.6) is 5.75 Å². The van der Waals surface area contributed by atoms with Crippen LogP contribution in [0.2, 0.25) is 0 Å². The second-order valence-electron chi connectivity index (χ2n) is 5.78. The molecule has 0 aliphatic carbocycles. The number of anilines is 2. The highest BCUT2D eigenvalue weighted by molar-refractivity contribution is 6.02. The number of ether oxygens (including phenoxy) is 1. The molecule has 3 rings (SSSR count). The Morgan fingerprint density at radius 1 is 0.962 bits per heavy atom. The summed E-state index contributed by atoms with van der Waals surface area (Å²) >= 11 is 0. The van der Waals surface area contributed by atoms with E-state index in [1.165, 1.54) is 5.56 Å². The van der Waals surface area contributed by atoms with Gasteiger partial charge in [0.05, 0.1) is 19.0 Å². The zero-order valence-electron chi connectivity index (χ0n) is 14.6. The number of amides is 1. The standard InChI is InChI=1S/C21H21N3O2/c1-26-19-10-7-17(8-11-19)24-21(25)20-12-9-18(15-23-20)22-14-13-16-5-3-2-4-6-16/h2-12,15,22H,13-14H2,1H3,(H,24,25). The van der Waals surface area contributed by atoms with Crippen molar-refractivity contribution in [1.82, 2.24) is 4.98 Å². The predicted octanol–water partition coefficient (Wildman–Crippen LogP) is 4.00. The maximum Gasteiger partial charge on any atom is 0.274 e. The lowest BCUT2D eigenvalue weighted by atomic mass is 10.1. The van der Waals surface area contributed by atoms with Crippen molar-refractivity contribution in [3.05, 3.63) is 84.2 Å². The molecule has 1 heterocycles. The van der Waals surface area contributed by atoms with Gasteiger partial charge in [-0.3, -0.25) is 4.79 Å². The summed E-state index contributed by atoms with van der Waals surface area (Å²) in [4.78, 5) is 16.5. The number of methoxy groups -OCH3 is 1. The highest BCUT2D eigenvalue weighted by Gasteiger charge is 2.07. The second kappa shape index (κ2) is 8.67. The van der Waals surface area contributed by atoms with Gasteiger partial charge in [0.15, 0.2) is 0 Å². The molecule has 0 fully saturated rings. The maximum absolute atomic E-state index is 12.3. The second-order valence-corrected chi connectivity index (χ2v) is 5.78. The van der Waals surface area contributed by atoms with E-state index in [2.05, 4.69) is 27.8 Å². The molecule has 0 bridgehead atoms. The first-order valence-corrected chi connectivity index (χ1v) is 8.44. The van der Waals surface area contributed by atoms with Crippen LogP contribution in [-0.4, -0.2) is 24.5 Å². The molecule has 0 saturated carbocycles. The van der Waals surface area contributed by atoms with Gasteiger partial charge in [-0.05, 0) is 48.4 Å². The molecule has 0 atom stereocenters. The molecule has 132 valence electrons. The molecule has 0 spiro atoms. The molecule has 0 radical (unpaired) electrons. The fourth-order valence-corrected chi connectivity index (χ4v) is 2.50. The summed E-state index contributed by atoms with van der Waals surface area (Å²) in [5.41, 5.74) is 3.24. The molecule has 3 aromatic rings. The molecule has 26 heavy (non-hydrogen) atoms. The summed E-state index contributed by atoms with van der Waals surface area (Å²) in [5, 5.41) is 6.13. The number of benzene rings is 2. The Kier molecular flexibility index (Phi) is 5.83. The van der Waals surface area contributed by atoms with E-state index in [4.69, 9.17) is 4.74 Å². The topological polar surface area (TPSA) is 63.2 Å². The minimum Gasteiger partial charge on any atom is -0.497 e. The quantitative estimate of drug-likeness (QED) is 0.678. The van der Waals surface area contributed by atoms with Crippen LogP contribution in [0.25, 0.3) is 0 Å². The van der Waals surface area contributed by atoms with Gasteiger partial charge in [-0.25, -0.2) is 4.98 Å². The summed E-state index contributed by atoms with van der Waals surface area (Å²) in [6, 6.07) is 21.0. The SMILES string of the molecule is COc1ccc(NC(=O)c2ccc(NCCc3ccccc3)cn2)cc1. The smallest absolute Gasteiger partial charge is 0.274 e. The van der Waals surface area contributed by atoms with Crippen molar-refractivity contribution in [2.75, 3.05) is 24.3 Å². The first-order valence-electron chi connectivity index (χ1n) is 8.44. The number of pyridine rings is 1. The largest absolute Gasteiger partial charge is 0.497 e. The third-order valence-corrected chi connectivity index (χ3v) is 3.93. The summed E-state index contributed by atoms with van der Waals surface area (Å²) in [5.74, 6) is 0.498. The van der Waals surface area contributed by atoms with Gasteiger partial charge in [0.25, 0.3) is 5.91 Å². The zero-order valence-corrected chi connectivity index (χ0v) is 14.6. The van der Waals surface area contributed by atoms with Gasteiger partial charge >= 0.3 is 0 Å². The van der Waals surface area contributed by atoms with Crippen molar-refractivity contribution in [2.45, 2.75) is 6.42 Å². The van der Waals surface area contributed by atoms with E-state index < -0.39 is 0 Å². The van der Waals surface area contributed by atoms with Gasteiger partial charge in [0, 0.05) is 12.2 Å². The fraction of sp³-hybridized carbons (Fsp3) is 0.143. The number of hydrogen-bond donors (Lipinski definition) is 2. The van der Waals surface area contributed by atoms with Crippen molar-refractivity contribution in [3.8, 4) is 5.75 Å². The molecular weight excluding hydrogens is 326 g/mol. The van der Waals surface area contributed by atoms with Crippen LogP contribution >= 0.6 is 0 Å². The van der Waals surface area contributed by atoms with E-state index in [1.54, 1.807) is 43.6 Å². The van der Waals surface area contributed by atoms with Gasteiger partial charge in [-0.15, -0.1) is 0 Å². The third kappa shape index (κ3) is 4.83. The number of aromatic nitrogens is 1. The molecule has 5 nitrogen and oxygen atoms in total. The van der Waals surface area contributed by atoms with Crippen LogP contribution < -0.4 is 15.4 Å². The molecule has 2 aromatic carbocycles. The van der Waals surface area contributed by atoms with Crippen molar-refractivity contribution < 1.29 is 9.53 Å². The lowest BCUT2D eigenvalue weighted by molar-refractivity contribution is 0.102. The summed E-state index contributed by atoms with van der Waals surface area (Å²) in [7, 11) is 1.60. The Labute approximate surface area is 153 Å². The Bertz CT molecular complexity index is 831. The summed E-state index contributed by atoms with van der Waals surface area (Å²) in [6.07, 6.45) is 2.61. The van der Waals surface area contributed by atoms with E-state index in [9.17, 15) is 4.79 Å². The third-order valence-electron chi connectivity index (χ3n) is 3.93. The highest BCUT2D eigenvalue weighted by atomic mass is 16.5. The number of carbonyl (C=O) groups excluding carboxylic acids is 1. The maximum atomic E-state index is 12.3. The molecule has 2 N–H and O–H groups in total. The van der Waals surface area contributed by atoms with Crippen LogP contribution in [0, 0.1) is 0 Å². The normalized spacial score (nSPS) is 10.2. The molecule has 0 aliphatic rings. The number of nitrogens with one attached hydrogen (secondary N) is 2. The van der Waals surface area contributed by atoms with Gasteiger partial charge < -0.3 is 15.4 Å². The van der Waals surface area contributed by atoms with Gasteiger partial charge in [-0.1, -0.05) is 30.3 Å². The van der Waals surface area contributed by atoms with E-state index >= 15 is 0 Å². The number of nitrogens with zero attached hydrogens (tertiary/aromatic N) is 1. The Morgan fingerprint density at radius 3 is 2.35 bits per heavy atom. The average molecular weight is 347 g/mol. The van der Waals surface area contributed by atoms with Crippen LogP contribution in [0.1, 0.15) is 16.1 Å². The first-order chi connectivity index (χ1) is 12.7. The van der Waals surface area contributed by atoms with E-state index in [-0.39, 0.29) is 5.91 Å². The van der Waals surface area contributed by atoms with Gasteiger partial charge in [0.2, 0.25) is 0 Å². The Hall–Kier alpha value is -3.34. The van der Waals surface area contributed by atoms with E-state index in [0.29, 0.717) is 11.4 Å². The lowest BCUT2D eigenvalue weighted by Crippen LogP contribution is -2.14. The van der Waals surface area contributed by atoms with Crippen molar-refractivity contribution >= 4 is 17.3 Å². The number of carbonyl (C=O) groups is 1. The van der Waals surface area contributed by atoms with Crippen molar-refractivity contribution in [2.24, 2.45) is 0 Å². The number of rotatable bonds is 7. The molecule has 5 heteroatoms.